The van der Waals surface area contributed by atoms with Gasteiger partial charge in [-0.2, -0.15) is 0 Å². The minimum absolute atomic E-state index is 0.233. The number of benzene rings is 2. The second-order valence-electron chi connectivity index (χ2n) is 9.25. The number of rotatable bonds is 13. The Morgan fingerprint density at radius 2 is 1.39 bits per heavy atom. The molecule has 1 heterocycles. The van der Waals surface area contributed by atoms with Crippen molar-refractivity contribution in [3.8, 4) is 17.1 Å². The van der Waals surface area contributed by atoms with Gasteiger partial charge in [-0.1, -0.05) is 69.6 Å². The van der Waals surface area contributed by atoms with E-state index in [1.54, 1.807) is 0 Å². The van der Waals surface area contributed by atoms with Crippen molar-refractivity contribution in [1.29, 1.82) is 0 Å². The molecule has 178 valence electrons. The lowest BCUT2D eigenvalue weighted by Crippen LogP contribution is -2.03. The van der Waals surface area contributed by atoms with Crippen LogP contribution in [0.4, 0.5) is 0 Å². The molecule has 0 unspecified atom stereocenters. The van der Waals surface area contributed by atoms with Gasteiger partial charge >= 0.3 is 0 Å². The van der Waals surface area contributed by atoms with E-state index in [-0.39, 0.29) is 16.9 Å². The third kappa shape index (κ3) is 6.94. The van der Waals surface area contributed by atoms with E-state index in [9.17, 15) is 9.90 Å². The first-order valence-electron chi connectivity index (χ1n) is 12.5. The summed E-state index contributed by atoms with van der Waals surface area (Å²) >= 11 is 0. The minimum Gasteiger partial charge on any atom is -0.502 e. The maximum absolute atomic E-state index is 12.9. The maximum atomic E-state index is 12.9. The summed E-state index contributed by atoms with van der Waals surface area (Å²) in [4.78, 5) is 12.9. The van der Waals surface area contributed by atoms with Gasteiger partial charge in [-0.05, 0) is 68.0 Å². The second kappa shape index (κ2) is 12.6. The Kier molecular flexibility index (Phi) is 9.56. The summed E-state index contributed by atoms with van der Waals surface area (Å²) in [7, 11) is 0. The van der Waals surface area contributed by atoms with Gasteiger partial charge in [0.2, 0.25) is 11.2 Å². The van der Waals surface area contributed by atoms with Crippen LogP contribution in [0.2, 0.25) is 0 Å². The van der Waals surface area contributed by atoms with Gasteiger partial charge in [0.25, 0.3) is 0 Å². The number of fused-ring (bicyclic) bond motifs is 1. The molecule has 0 saturated heterocycles. The Morgan fingerprint density at radius 1 is 0.758 bits per heavy atom. The van der Waals surface area contributed by atoms with E-state index >= 15 is 0 Å². The first-order chi connectivity index (χ1) is 16.0. The molecule has 0 aliphatic heterocycles. The Hall–Kier alpha value is -2.59. The number of aliphatic hydroxyl groups excluding tert-OH is 1. The molecule has 0 spiro atoms. The number of aliphatic hydroxyl groups is 1. The molecule has 2 N–H and O–H groups in total. The van der Waals surface area contributed by atoms with Gasteiger partial charge in [-0.3, -0.25) is 4.79 Å². The summed E-state index contributed by atoms with van der Waals surface area (Å²) in [5, 5.41) is 19.8. The molecule has 0 bridgehead atoms. The molecule has 2 aromatic carbocycles. The van der Waals surface area contributed by atoms with Crippen molar-refractivity contribution in [2.24, 2.45) is 0 Å². The van der Waals surface area contributed by atoms with E-state index in [4.69, 9.17) is 9.52 Å². The summed E-state index contributed by atoms with van der Waals surface area (Å²) in [6.45, 7) is 4.35. The van der Waals surface area contributed by atoms with Crippen LogP contribution in [-0.4, -0.2) is 16.8 Å². The van der Waals surface area contributed by atoms with Crippen molar-refractivity contribution >= 4 is 11.0 Å². The molecule has 0 radical (unpaired) electrons. The van der Waals surface area contributed by atoms with Crippen LogP contribution in [-0.2, 0) is 6.42 Å². The smallest absolute Gasteiger partial charge is 0.235 e. The third-order valence-electron chi connectivity index (χ3n) is 6.57. The van der Waals surface area contributed by atoms with Crippen LogP contribution in [0.15, 0.2) is 45.6 Å². The predicted molar refractivity (Wildman–Crippen MR) is 136 cm³/mol. The zero-order valence-electron chi connectivity index (χ0n) is 20.2. The number of hydrogen-bond donors (Lipinski definition) is 2. The summed E-state index contributed by atoms with van der Waals surface area (Å²) in [6, 6.07) is 11.5. The first-order valence-corrected chi connectivity index (χ1v) is 12.5. The zero-order valence-corrected chi connectivity index (χ0v) is 20.2. The molecule has 0 fully saturated rings. The zero-order chi connectivity index (χ0) is 23.6. The summed E-state index contributed by atoms with van der Waals surface area (Å²) in [5.41, 5.74) is 4.20. The van der Waals surface area contributed by atoms with Gasteiger partial charge in [0.15, 0.2) is 5.76 Å². The fraction of sp³-hybridized carbons (Fsp3) is 0.483. The maximum Gasteiger partial charge on any atom is 0.235 e. The highest BCUT2D eigenvalue weighted by Gasteiger charge is 2.16. The number of aromatic hydroxyl groups is 1. The second-order valence-corrected chi connectivity index (χ2v) is 9.25. The highest BCUT2D eigenvalue weighted by Crippen LogP contribution is 2.31. The molecule has 1 aromatic heterocycles. The molecule has 0 atom stereocenters. The number of unbranched alkanes of at least 4 members (excludes halogenated alkanes) is 9. The van der Waals surface area contributed by atoms with Gasteiger partial charge in [-0.25, -0.2) is 0 Å². The average molecular weight is 451 g/mol. The molecule has 0 amide bonds. The van der Waals surface area contributed by atoms with E-state index < -0.39 is 0 Å². The molecule has 33 heavy (non-hydrogen) atoms. The van der Waals surface area contributed by atoms with Gasteiger partial charge in [0, 0.05) is 12.2 Å². The Bertz CT molecular complexity index is 1100. The van der Waals surface area contributed by atoms with Crippen LogP contribution in [0.5, 0.6) is 5.75 Å². The molecule has 0 aliphatic rings. The van der Waals surface area contributed by atoms with Crippen molar-refractivity contribution in [3.63, 3.8) is 0 Å². The monoisotopic (exact) mass is 450 g/mol. The normalized spacial score (nSPS) is 11.4. The van der Waals surface area contributed by atoms with Gasteiger partial charge in [0.1, 0.15) is 5.58 Å². The van der Waals surface area contributed by atoms with E-state index in [0.717, 1.165) is 42.4 Å². The lowest BCUT2D eigenvalue weighted by atomic mass is 10.0. The van der Waals surface area contributed by atoms with Gasteiger partial charge in [0.05, 0.1) is 5.39 Å². The van der Waals surface area contributed by atoms with E-state index in [2.05, 4.69) is 0 Å². The first kappa shape index (κ1) is 25.0. The van der Waals surface area contributed by atoms with Crippen molar-refractivity contribution < 1.29 is 14.6 Å². The van der Waals surface area contributed by atoms with Crippen LogP contribution >= 0.6 is 0 Å². The molecule has 4 heteroatoms. The molecule has 0 aliphatic carbocycles. The minimum atomic E-state index is -0.370. The number of aryl methyl sites for hydroxylation is 3. The lowest BCUT2D eigenvalue weighted by molar-refractivity contribution is 0.282. The fourth-order valence-electron chi connectivity index (χ4n) is 4.32. The van der Waals surface area contributed by atoms with Crippen molar-refractivity contribution in [3.05, 3.63) is 63.3 Å². The van der Waals surface area contributed by atoms with E-state index in [1.165, 1.54) is 44.9 Å². The Balaban J connectivity index is 1.53. The van der Waals surface area contributed by atoms with Crippen molar-refractivity contribution in [1.82, 2.24) is 0 Å². The van der Waals surface area contributed by atoms with Crippen molar-refractivity contribution in [2.75, 3.05) is 6.61 Å². The van der Waals surface area contributed by atoms with E-state index in [0.29, 0.717) is 23.1 Å². The third-order valence-corrected chi connectivity index (χ3v) is 6.57. The van der Waals surface area contributed by atoms with Crippen LogP contribution in [0.25, 0.3) is 22.3 Å². The lowest BCUT2D eigenvalue weighted by Gasteiger charge is -2.09. The van der Waals surface area contributed by atoms with Crippen molar-refractivity contribution in [2.45, 2.75) is 84.5 Å². The van der Waals surface area contributed by atoms with Crippen LogP contribution in [0.1, 0.15) is 80.9 Å². The molecule has 0 saturated carbocycles. The SMILES string of the molecule is Cc1ccc(-c2oc3ccc(CCCCCCCCCCCCO)cc3c(=O)c2O)cc1C. The largest absolute Gasteiger partial charge is 0.502 e. The molecule has 3 aromatic rings. The Labute approximate surface area is 197 Å². The molecule has 3 rings (SSSR count). The molecular formula is C29H38O4. The molecular weight excluding hydrogens is 412 g/mol. The summed E-state index contributed by atoms with van der Waals surface area (Å²) in [5.74, 6) is -0.0870. The fourth-order valence-corrected chi connectivity index (χ4v) is 4.32. The highest BCUT2D eigenvalue weighted by molar-refractivity contribution is 5.82. The number of hydrogen-bond acceptors (Lipinski definition) is 4. The Morgan fingerprint density at radius 3 is 2.03 bits per heavy atom. The van der Waals surface area contributed by atoms with Crippen LogP contribution in [0, 0.1) is 13.8 Å². The predicted octanol–water partition coefficient (Wildman–Crippen LogP) is 7.22. The van der Waals surface area contributed by atoms with Crippen LogP contribution < -0.4 is 5.43 Å². The molecule has 4 nitrogen and oxygen atoms in total. The van der Waals surface area contributed by atoms with E-state index in [1.807, 2.05) is 50.2 Å². The van der Waals surface area contributed by atoms with Gasteiger partial charge in [-0.15, -0.1) is 0 Å². The summed E-state index contributed by atoms with van der Waals surface area (Å²) in [6.07, 6.45) is 12.9. The van der Waals surface area contributed by atoms with Crippen LogP contribution in [0.3, 0.4) is 0 Å². The summed E-state index contributed by atoms with van der Waals surface area (Å²) < 4.78 is 5.96. The topological polar surface area (TPSA) is 70.7 Å². The standard InChI is InChI=1S/C29H38O4/c1-21-14-16-24(19-22(21)2)29-28(32)27(31)25-20-23(15-17-26(25)33-29)13-11-9-7-5-3-4-6-8-10-12-18-30/h14-17,19-20,30,32H,3-13,18H2,1-2H3. The van der Waals surface area contributed by atoms with Gasteiger partial charge < -0.3 is 14.6 Å². The quantitative estimate of drug-likeness (QED) is 0.270. The highest BCUT2D eigenvalue weighted by atomic mass is 16.4. The average Bonchev–Trinajstić information content (AvgIpc) is 2.82.